The van der Waals surface area contributed by atoms with Crippen LogP contribution in [0.1, 0.15) is 36.8 Å². The van der Waals surface area contributed by atoms with Gasteiger partial charge in [-0.25, -0.2) is 4.79 Å². The molecule has 1 aromatic heterocycles. The molecule has 1 aliphatic rings. The highest BCUT2D eigenvalue weighted by Crippen LogP contribution is 2.26. The number of benzene rings is 2. The topological polar surface area (TPSA) is 94.8 Å². The van der Waals surface area contributed by atoms with E-state index in [1.54, 1.807) is 42.5 Å². The van der Waals surface area contributed by atoms with Crippen LogP contribution in [-0.2, 0) is 11.2 Å². The number of furan rings is 1. The largest absolute Gasteiger partial charge is 0.493 e. The minimum Gasteiger partial charge on any atom is -0.493 e. The third-order valence-electron chi connectivity index (χ3n) is 4.47. The van der Waals surface area contributed by atoms with E-state index in [1.807, 2.05) is 0 Å². The van der Waals surface area contributed by atoms with Crippen LogP contribution in [0.15, 0.2) is 65.3 Å². The molecule has 29 heavy (non-hydrogen) atoms. The smallest absolute Gasteiger partial charge is 0.338 e. The first kappa shape index (κ1) is 18.5. The van der Waals surface area contributed by atoms with Gasteiger partial charge in [-0.2, -0.15) is 0 Å². The van der Waals surface area contributed by atoms with Crippen molar-refractivity contribution in [1.82, 2.24) is 0 Å². The van der Waals surface area contributed by atoms with Gasteiger partial charge < -0.3 is 19.2 Å². The normalized spacial score (nSPS) is 12.0. The SMILES string of the molecule is O=C(COC(=O)c1ccc(NC(=O)c2ccco2)cc1)c1ccc2c(c1)CCO2. The quantitative estimate of drug-likeness (QED) is 0.510. The van der Waals surface area contributed by atoms with Crippen LogP contribution < -0.4 is 10.1 Å². The molecular weight excluding hydrogens is 374 g/mol. The van der Waals surface area contributed by atoms with Crippen molar-refractivity contribution in [3.8, 4) is 5.75 Å². The zero-order chi connectivity index (χ0) is 20.2. The second-order valence-electron chi connectivity index (χ2n) is 6.43. The van der Waals surface area contributed by atoms with Crippen molar-refractivity contribution in [2.24, 2.45) is 0 Å². The molecule has 1 aliphatic heterocycles. The van der Waals surface area contributed by atoms with Gasteiger partial charge in [-0.05, 0) is 60.2 Å². The van der Waals surface area contributed by atoms with Crippen molar-refractivity contribution in [2.75, 3.05) is 18.5 Å². The van der Waals surface area contributed by atoms with Crippen LogP contribution in [0.5, 0.6) is 5.75 Å². The van der Waals surface area contributed by atoms with Crippen LogP contribution in [0.2, 0.25) is 0 Å². The summed E-state index contributed by atoms with van der Waals surface area (Å²) >= 11 is 0. The summed E-state index contributed by atoms with van der Waals surface area (Å²) in [6, 6.07) is 14.5. The molecule has 3 aromatic rings. The van der Waals surface area contributed by atoms with Gasteiger partial charge in [0.05, 0.1) is 18.4 Å². The number of Topliss-reactive ketones (excluding diaryl/α,β-unsaturated/α-hetero) is 1. The van der Waals surface area contributed by atoms with Gasteiger partial charge in [-0.3, -0.25) is 9.59 Å². The summed E-state index contributed by atoms with van der Waals surface area (Å²) in [7, 11) is 0. The lowest BCUT2D eigenvalue weighted by Gasteiger charge is -2.07. The first-order valence-corrected chi connectivity index (χ1v) is 9.01. The predicted molar refractivity (Wildman–Crippen MR) is 103 cm³/mol. The number of rotatable bonds is 6. The molecule has 2 heterocycles. The molecule has 1 amide bonds. The fraction of sp³-hybridized carbons (Fsp3) is 0.136. The van der Waals surface area contributed by atoms with Gasteiger partial charge in [0.15, 0.2) is 18.2 Å². The van der Waals surface area contributed by atoms with E-state index in [1.165, 1.54) is 18.4 Å². The molecular formula is C22H17NO6. The molecule has 0 saturated carbocycles. The van der Waals surface area contributed by atoms with Crippen molar-refractivity contribution >= 4 is 23.3 Å². The van der Waals surface area contributed by atoms with E-state index in [2.05, 4.69) is 5.32 Å². The van der Waals surface area contributed by atoms with E-state index in [0.29, 0.717) is 17.9 Å². The highest BCUT2D eigenvalue weighted by Gasteiger charge is 2.17. The third kappa shape index (κ3) is 4.19. The molecule has 0 radical (unpaired) electrons. The Hall–Kier alpha value is -3.87. The van der Waals surface area contributed by atoms with Gasteiger partial charge in [-0.1, -0.05) is 0 Å². The summed E-state index contributed by atoms with van der Waals surface area (Å²) in [4.78, 5) is 36.4. The van der Waals surface area contributed by atoms with Gasteiger partial charge >= 0.3 is 5.97 Å². The predicted octanol–water partition coefficient (Wildman–Crippen LogP) is 3.51. The fourth-order valence-corrected chi connectivity index (χ4v) is 2.95. The number of ether oxygens (including phenoxy) is 2. The molecule has 0 bridgehead atoms. The molecule has 0 saturated heterocycles. The van der Waals surface area contributed by atoms with Gasteiger partial charge in [0, 0.05) is 17.7 Å². The van der Waals surface area contributed by atoms with Crippen molar-refractivity contribution < 1.29 is 28.3 Å². The molecule has 0 fully saturated rings. The minimum atomic E-state index is -0.619. The Morgan fingerprint density at radius 3 is 2.55 bits per heavy atom. The first-order valence-electron chi connectivity index (χ1n) is 9.01. The molecule has 7 nitrogen and oxygen atoms in total. The van der Waals surface area contributed by atoms with Gasteiger partial charge in [0.2, 0.25) is 0 Å². The lowest BCUT2D eigenvalue weighted by atomic mass is 10.1. The summed E-state index contributed by atoms with van der Waals surface area (Å²) in [6.45, 7) is 0.259. The maximum atomic E-state index is 12.3. The lowest BCUT2D eigenvalue weighted by Crippen LogP contribution is -2.15. The Bertz CT molecular complexity index is 1050. The molecule has 0 spiro atoms. The second kappa shape index (κ2) is 8.02. The number of anilines is 1. The van der Waals surface area contributed by atoms with Crippen molar-refractivity contribution in [1.29, 1.82) is 0 Å². The van der Waals surface area contributed by atoms with Gasteiger partial charge in [-0.15, -0.1) is 0 Å². The zero-order valence-corrected chi connectivity index (χ0v) is 15.3. The average Bonchev–Trinajstić information content (AvgIpc) is 3.43. The van der Waals surface area contributed by atoms with Crippen molar-refractivity contribution in [3.05, 3.63) is 83.3 Å². The number of nitrogens with one attached hydrogen (secondary N) is 1. The monoisotopic (exact) mass is 391 g/mol. The van der Waals surface area contributed by atoms with E-state index in [0.717, 1.165) is 17.7 Å². The van der Waals surface area contributed by atoms with Crippen LogP contribution >= 0.6 is 0 Å². The number of hydrogen-bond acceptors (Lipinski definition) is 6. The molecule has 2 aromatic carbocycles. The van der Waals surface area contributed by atoms with Crippen LogP contribution in [0.3, 0.4) is 0 Å². The molecule has 0 atom stereocenters. The Morgan fingerprint density at radius 1 is 1.00 bits per heavy atom. The van der Waals surface area contributed by atoms with Gasteiger partial charge in [0.1, 0.15) is 5.75 Å². The Balaban J connectivity index is 1.32. The summed E-state index contributed by atoms with van der Waals surface area (Å²) in [5, 5.41) is 2.65. The van der Waals surface area contributed by atoms with Crippen LogP contribution in [-0.4, -0.2) is 30.9 Å². The molecule has 1 N–H and O–H groups in total. The number of carbonyl (C=O) groups is 3. The Kier molecular flexibility index (Phi) is 5.11. The van der Waals surface area contributed by atoms with E-state index in [-0.39, 0.29) is 23.7 Å². The third-order valence-corrected chi connectivity index (χ3v) is 4.47. The highest BCUT2D eigenvalue weighted by molar-refractivity contribution is 6.02. The number of ketones is 1. The van der Waals surface area contributed by atoms with Crippen LogP contribution in [0, 0.1) is 0 Å². The molecule has 0 aliphatic carbocycles. The van der Waals surface area contributed by atoms with E-state index in [9.17, 15) is 14.4 Å². The number of hydrogen-bond donors (Lipinski definition) is 1. The summed E-state index contributed by atoms with van der Waals surface area (Å²) in [5.41, 5.74) is 2.24. The Labute approximate surface area is 166 Å². The van der Waals surface area contributed by atoms with Crippen LogP contribution in [0.4, 0.5) is 5.69 Å². The minimum absolute atomic E-state index is 0.185. The van der Waals surface area contributed by atoms with Crippen LogP contribution in [0.25, 0.3) is 0 Å². The summed E-state index contributed by atoms with van der Waals surface area (Å²) in [6.07, 6.45) is 2.17. The number of amides is 1. The maximum Gasteiger partial charge on any atom is 0.338 e. The van der Waals surface area contributed by atoms with E-state index in [4.69, 9.17) is 13.9 Å². The average molecular weight is 391 g/mol. The van der Waals surface area contributed by atoms with Crippen molar-refractivity contribution in [2.45, 2.75) is 6.42 Å². The Morgan fingerprint density at radius 2 is 1.79 bits per heavy atom. The standard InChI is InChI=1S/C22H17NO6/c24-18(15-5-8-19-16(12-15)9-11-28-19)13-29-22(26)14-3-6-17(7-4-14)23-21(25)20-2-1-10-27-20/h1-8,10,12H,9,11,13H2,(H,23,25). The zero-order valence-electron chi connectivity index (χ0n) is 15.3. The highest BCUT2D eigenvalue weighted by atomic mass is 16.5. The number of esters is 1. The first-order chi connectivity index (χ1) is 14.1. The molecule has 4 rings (SSSR count). The van der Waals surface area contributed by atoms with Crippen molar-refractivity contribution in [3.63, 3.8) is 0 Å². The van der Waals surface area contributed by atoms with Gasteiger partial charge in [0.25, 0.3) is 5.91 Å². The number of fused-ring (bicyclic) bond motifs is 1. The lowest BCUT2D eigenvalue weighted by molar-refractivity contribution is 0.0474. The second-order valence-corrected chi connectivity index (χ2v) is 6.43. The molecule has 0 unspecified atom stereocenters. The molecule has 146 valence electrons. The van der Waals surface area contributed by atoms with E-state index >= 15 is 0 Å². The summed E-state index contributed by atoms with van der Waals surface area (Å²) < 4.78 is 15.6. The molecule has 7 heteroatoms. The van der Waals surface area contributed by atoms with E-state index < -0.39 is 11.9 Å². The number of carbonyl (C=O) groups excluding carboxylic acids is 3. The summed E-state index contributed by atoms with van der Waals surface area (Å²) in [5.74, 6) is -0.319. The fourth-order valence-electron chi connectivity index (χ4n) is 2.95. The maximum absolute atomic E-state index is 12.3.